The molecule has 0 aliphatic heterocycles. The lowest BCUT2D eigenvalue weighted by Gasteiger charge is -2.24. The van der Waals surface area contributed by atoms with Crippen molar-refractivity contribution in [3.05, 3.63) is 0 Å². The fourth-order valence-corrected chi connectivity index (χ4v) is 2.12. The third kappa shape index (κ3) is 7.37. The van der Waals surface area contributed by atoms with Crippen LogP contribution in [-0.4, -0.2) is 30.4 Å². The topological polar surface area (TPSA) is 46.3 Å². The number of carbonyl (C=O) groups excluding carboxylic acids is 1. The summed E-state index contributed by atoms with van der Waals surface area (Å²) in [4.78, 5) is 14.0. The summed E-state index contributed by atoms with van der Waals surface area (Å²) < 4.78 is 0. The first kappa shape index (κ1) is 16.4. The Hall–Kier alpha value is -0.570. The Bertz CT molecular complexity index is 204. The lowest BCUT2D eigenvalue weighted by molar-refractivity contribution is -0.131. The highest BCUT2D eigenvalue weighted by Crippen LogP contribution is 2.15. The molecule has 0 saturated carbocycles. The number of amides is 1. The Balaban J connectivity index is 4.04. The van der Waals surface area contributed by atoms with Gasteiger partial charge in [-0.2, -0.15) is 0 Å². The molecule has 0 aromatic heterocycles. The van der Waals surface area contributed by atoms with E-state index in [2.05, 4.69) is 27.7 Å². The zero-order valence-electron chi connectivity index (χ0n) is 12.0. The molecule has 0 aliphatic rings. The fraction of sp³-hybridized carbons (Fsp3) is 0.929. The summed E-state index contributed by atoms with van der Waals surface area (Å²) in [7, 11) is 0. The highest BCUT2D eigenvalue weighted by Gasteiger charge is 2.15. The van der Waals surface area contributed by atoms with Gasteiger partial charge < -0.3 is 10.6 Å². The Kier molecular flexibility index (Phi) is 9.14. The molecular formula is C14H30N2O. The summed E-state index contributed by atoms with van der Waals surface area (Å²) in [6, 6.07) is 0. The van der Waals surface area contributed by atoms with Crippen LogP contribution in [-0.2, 0) is 4.79 Å². The first-order valence-corrected chi connectivity index (χ1v) is 7.02. The highest BCUT2D eigenvalue weighted by atomic mass is 16.2. The SMILES string of the molecule is CCC(CCN)CCC(=O)N(CC)CC(C)C. The largest absolute Gasteiger partial charge is 0.343 e. The van der Waals surface area contributed by atoms with Crippen molar-refractivity contribution in [1.82, 2.24) is 4.90 Å². The van der Waals surface area contributed by atoms with Crippen LogP contribution >= 0.6 is 0 Å². The summed E-state index contributed by atoms with van der Waals surface area (Å²) in [6.07, 6.45) is 3.83. The molecule has 0 rings (SSSR count). The van der Waals surface area contributed by atoms with E-state index in [1.54, 1.807) is 0 Å². The van der Waals surface area contributed by atoms with Gasteiger partial charge in [0.25, 0.3) is 0 Å². The van der Waals surface area contributed by atoms with Gasteiger partial charge in [0.2, 0.25) is 5.91 Å². The molecule has 0 saturated heterocycles. The van der Waals surface area contributed by atoms with Gasteiger partial charge in [-0.1, -0.05) is 27.2 Å². The quantitative estimate of drug-likeness (QED) is 0.675. The van der Waals surface area contributed by atoms with Crippen molar-refractivity contribution < 1.29 is 4.79 Å². The average Bonchev–Trinajstić information content (AvgIpc) is 2.30. The molecule has 3 heteroatoms. The maximum Gasteiger partial charge on any atom is 0.222 e. The zero-order chi connectivity index (χ0) is 13.3. The summed E-state index contributed by atoms with van der Waals surface area (Å²) in [5, 5.41) is 0. The Morgan fingerprint density at radius 1 is 1.24 bits per heavy atom. The first-order chi connectivity index (χ1) is 8.04. The van der Waals surface area contributed by atoms with Crippen LogP contribution in [0.4, 0.5) is 0 Å². The Labute approximate surface area is 107 Å². The number of nitrogens with two attached hydrogens (primary N) is 1. The molecule has 0 fully saturated rings. The van der Waals surface area contributed by atoms with Gasteiger partial charge in [-0.3, -0.25) is 4.79 Å². The van der Waals surface area contributed by atoms with E-state index in [4.69, 9.17) is 5.73 Å². The van der Waals surface area contributed by atoms with Gasteiger partial charge >= 0.3 is 0 Å². The van der Waals surface area contributed by atoms with Gasteiger partial charge in [-0.25, -0.2) is 0 Å². The molecule has 0 heterocycles. The second kappa shape index (κ2) is 9.46. The van der Waals surface area contributed by atoms with E-state index in [1.807, 2.05) is 4.90 Å². The van der Waals surface area contributed by atoms with Gasteiger partial charge in [0.05, 0.1) is 0 Å². The maximum absolute atomic E-state index is 12.0. The summed E-state index contributed by atoms with van der Waals surface area (Å²) in [5.74, 6) is 1.46. The van der Waals surface area contributed by atoms with Crippen molar-refractivity contribution in [2.45, 2.75) is 53.4 Å². The minimum Gasteiger partial charge on any atom is -0.343 e. The normalized spacial score (nSPS) is 12.8. The van der Waals surface area contributed by atoms with Crippen LogP contribution in [0.1, 0.15) is 53.4 Å². The zero-order valence-corrected chi connectivity index (χ0v) is 12.0. The van der Waals surface area contributed by atoms with Crippen molar-refractivity contribution in [2.24, 2.45) is 17.6 Å². The number of rotatable bonds is 9. The van der Waals surface area contributed by atoms with Crippen LogP contribution < -0.4 is 5.73 Å². The van der Waals surface area contributed by atoms with Crippen LogP contribution in [0.15, 0.2) is 0 Å². The van der Waals surface area contributed by atoms with E-state index >= 15 is 0 Å². The van der Waals surface area contributed by atoms with Gasteiger partial charge in [0.1, 0.15) is 0 Å². The predicted octanol–water partition coefficient (Wildman–Crippen LogP) is 2.65. The lowest BCUT2D eigenvalue weighted by atomic mass is 9.96. The second-order valence-electron chi connectivity index (χ2n) is 5.22. The molecule has 1 amide bonds. The van der Waals surface area contributed by atoms with E-state index < -0.39 is 0 Å². The van der Waals surface area contributed by atoms with Crippen LogP contribution in [0.2, 0.25) is 0 Å². The van der Waals surface area contributed by atoms with Crippen molar-refractivity contribution >= 4 is 5.91 Å². The van der Waals surface area contributed by atoms with E-state index in [1.165, 1.54) is 0 Å². The van der Waals surface area contributed by atoms with Crippen LogP contribution in [0, 0.1) is 11.8 Å². The number of hydrogen-bond donors (Lipinski definition) is 1. The minimum absolute atomic E-state index is 0.302. The molecule has 3 nitrogen and oxygen atoms in total. The maximum atomic E-state index is 12.0. The molecule has 0 spiro atoms. The number of carbonyl (C=O) groups is 1. The molecule has 0 aliphatic carbocycles. The molecule has 2 N–H and O–H groups in total. The lowest BCUT2D eigenvalue weighted by Crippen LogP contribution is -2.34. The Morgan fingerprint density at radius 2 is 1.88 bits per heavy atom. The van der Waals surface area contributed by atoms with Gasteiger partial charge in [-0.05, 0) is 38.1 Å². The molecule has 0 aromatic rings. The van der Waals surface area contributed by atoms with E-state index in [0.29, 0.717) is 24.2 Å². The van der Waals surface area contributed by atoms with Crippen molar-refractivity contribution in [2.75, 3.05) is 19.6 Å². The molecule has 1 unspecified atom stereocenters. The van der Waals surface area contributed by atoms with Gasteiger partial charge in [0, 0.05) is 19.5 Å². The van der Waals surface area contributed by atoms with Crippen LogP contribution in [0.25, 0.3) is 0 Å². The monoisotopic (exact) mass is 242 g/mol. The van der Waals surface area contributed by atoms with E-state index in [9.17, 15) is 4.79 Å². The third-order valence-corrected chi connectivity index (χ3v) is 3.24. The smallest absolute Gasteiger partial charge is 0.222 e. The Morgan fingerprint density at radius 3 is 2.29 bits per heavy atom. The summed E-state index contributed by atoms with van der Waals surface area (Å²) in [5.41, 5.74) is 5.57. The second-order valence-corrected chi connectivity index (χ2v) is 5.22. The van der Waals surface area contributed by atoms with Gasteiger partial charge in [-0.15, -0.1) is 0 Å². The highest BCUT2D eigenvalue weighted by molar-refractivity contribution is 5.76. The molecular weight excluding hydrogens is 212 g/mol. The molecule has 0 bridgehead atoms. The van der Waals surface area contributed by atoms with Gasteiger partial charge in [0.15, 0.2) is 0 Å². The van der Waals surface area contributed by atoms with Crippen LogP contribution in [0.5, 0.6) is 0 Å². The third-order valence-electron chi connectivity index (χ3n) is 3.24. The van der Waals surface area contributed by atoms with E-state index in [-0.39, 0.29) is 0 Å². The number of hydrogen-bond acceptors (Lipinski definition) is 2. The molecule has 102 valence electrons. The first-order valence-electron chi connectivity index (χ1n) is 7.02. The average molecular weight is 242 g/mol. The van der Waals surface area contributed by atoms with Crippen LogP contribution in [0.3, 0.4) is 0 Å². The summed E-state index contributed by atoms with van der Waals surface area (Å²) in [6.45, 7) is 11.0. The predicted molar refractivity (Wildman–Crippen MR) is 73.8 cm³/mol. The minimum atomic E-state index is 0.302. The molecule has 17 heavy (non-hydrogen) atoms. The standard InChI is InChI=1S/C14H30N2O/c1-5-13(9-10-15)7-8-14(17)16(6-2)11-12(3)4/h12-13H,5-11,15H2,1-4H3. The summed E-state index contributed by atoms with van der Waals surface area (Å²) >= 11 is 0. The van der Waals surface area contributed by atoms with E-state index in [0.717, 1.165) is 38.9 Å². The number of nitrogens with zero attached hydrogens (tertiary/aromatic N) is 1. The molecule has 0 radical (unpaired) electrons. The molecule has 0 aromatic carbocycles. The van der Waals surface area contributed by atoms with Crippen molar-refractivity contribution in [3.63, 3.8) is 0 Å². The fourth-order valence-electron chi connectivity index (χ4n) is 2.12. The van der Waals surface area contributed by atoms with Crippen molar-refractivity contribution in [3.8, 4) is 0 Å². The van der Waals surface area contributed by atoms with Crippen molar-refractivity contribution in [1.29, 1.82) is 0 Å². The molecule has 1 atom stereocenters.